The molecule has 45 heavy (non-hydrogen) atoms. The lowest BCUT2D eigenvalue weighted by molar-refractivity contribution is 0.669. The van der Waals surface area contributed by atoms with Crippen molar-refractivity contribution < 1.29 is 4.42 Å². The summed E-state index contributed by atoms with van der Waals surface area (Å²) in [5, 5.41) is 4.67. The summed E-state index contributed by atoms with van der Waals surface area (Å²) in [6, 6.07) is 38.7. The second-order valence-corrected chi connectivity index (χ2v) is 10.5. The van der Waals surface area contributed by atoms with E-state index in [1.807, 2.05) is 25.1 Å². The van der Waals surface area contributed by atoms with Gasteiger partial charge >= 0.3 is 0 Å². The Morgan fingerprint density at radius 2 is 1.47 bits per heavy atom. The summed E-state index contributed by atoms with van der Waals surface area (Å²) in [4.78, 5) is 2.35. The molecule has 0 bridgehead atoms. The minimum Gasteiger partial charge on any atom is -0.456 e. The minimum atomic E-state index is 0.867. The van der Waals surface area contributed by atoms with E-state index in [4.69, 9.17) is 4.42 Å². The number of terminal acetylenes is 1. The monoisotopic (exact) mass is 583 g/mol. The molecule has 5 aromatic carbocycles. The van der Waals surface area contributed by atoms with Gasteiger partial charge in [-0.05, 0) is 84.8 Å². The molecule has 1 heterocycles. The van der Waals surface area contributed by atoms with Crippen molar-refractivity contribution in [2.75, 3.05) is 4.90 Å². The van der Waals surface area contributed by atoms with Crippen LogP contribution in [0.3, 0.4) is 0 Å². The van der Waals surface area contributed by atoms with E-state index in [1.165, 1.54) is 28.0 Å². The Morgan fingerprint density at radius 3 is 2.22 bits per heavy atom. The van der Waals surface area contributed by atoms with E-state index in [2.05, 4.69) is 158 Å². The molecule has 6 aromatic rings. The number of fused-ring (bicyclic) bond motifs is 4. The Balaban J connectivity index is 0.000000945. The van der Waals surface area contributed by atoms with E-state index in [0.29, 0.717) is 0 Å². The van der Waals surface area contributed by atoms with E-state index in [-0.39, 0.29) is 0 Å². The third-order valence-corrected chi connectivity index (χ3v) is 7.55. The highest BCUT2D eigenvalue weighted by atomic mass is 16.3. The third kappa shape index (κ3) is 7.24. The fourth-order valence-electron chi connectivity index (χ4n) is 5.41. The Morgan fingerprint density at radius 1 is 0.778 bits per heavy atom. The van der Waals surface area contributed by atoms with Crippen LogP contribution in [0.15, 0.2) is 175 Å². The molecule has 2 nitrogen and oxygen atoms in total. The van der Waals surface area contributed by atoms with E-state index in [1.54, 1.807) is 0 Å². The van der Waals surface area contributed by atoms with Crippen molar-refractivity contribution in [1.29, 1.82) is 0 Å². The first-order chi connectivity index (χ1) is 22.2. The Hall–Kier alpha value is -5.78. The second-order valence-electron chi connectivity index (χ2n) is 10.5. The predicted octanol–water partition coefficient (Wildman–Crippen LogP) is 12.2. The number of para-hydroxylation sites is 1. The minimum absolute atomic E-state index is 0.867. The first-order valence-electron chi connectivity index (χ1n) is 15.1. The normalized spacial score (nSPS) is 11.5. The first-order valence-corrected chi connectivity index (χ1v) is 15.1. The second kappa shape index (κ2) is 15.1. The summed E-state index contributed by atoms with van der Waals surface area (Å²) in [5.74, 6) is 2.19. The molecule has 2 heteroatoms. The topological polar surface area (TPSA) is 16.4 Å². The molecule has 0 aliphatic rings. The Labute approximate surface area is 266 Å². The molecule has 0 saturated carbocycles. The fourth-order valence-corrected chi connectivity index (χ4v) is 5.41. The summed E-state index contributed by atoms with van der Waals surface area (Å²) >= 11 is 0. The number of anilines is 3. The lowest BCUT2D eigenvalue weighted by Crippen LogP contribution is -2.10. The lowest BCUT2D eigenvalue weighted by Gasteiger charge is -2.27. The van der Waals surface area contributed by atoms with Gasteiger partial charge in [-0.2, -0.15) is 0 Å². The van der Waals surface area contributed by atoms with Gasteiger partial charge in [0, 0.05) is 27.5 Å². The molecule has 0 unspecified atom stereocenters. The maximum Gasteiger partial charge on any atom is 0.135 e. The summed E-state index contributed by atoms with van der Waals surface area (Å²) in [6.45, 7) is 9.15. The van der Waals surface area contributed by atoms with Crippen molar-refractivity contribution in [3.8, 4) is 12.3 Å². The fraction of sp³-hybridized carbons (Fsp3) is 0.0698. The summed E-state index contributed by atoms with van der Waals surface area (Å²) in [7, 11) is 0. The first kappa shape index (κ1) is 30.7. The number of allylic oxidation sites excluding steroid dienone is 8. The molecule has 0 atom stereocenters. The molecule has 0 aliphatic heterocycles. The van der Waals surface area contributed by atoms with Crippen LogP contribution in [0, 0.1) is 12.3 Å². The van der Waals surface area contributed by atoms with Gasteiger partial charge in [0.1, 0.15) is 11.2 Å². The summed E-state index contributed by atoms with van der Waals surface area (Å²) in [5.41, 5.74) is 7.67. The number of benzene rings is 5. The largest absolute Gasteiger partial charge is 0.456 e. The van der Waals surface area contributed by atoms with Crippen molar-refractivity contribution in [2.45, 2.75) is 19.8 Å². The number of nitrogens with zero attached hydrogens (tertiary/aromatic N) is 1. The predicted molar refractivity (Wildman–Crippen MR) is 195 cm³/mol. The highest BCUT2D eigenvalue weighted by molar-refractivity contribution is 6.07. The van der Waals surface area contributed by atoms with Crippen LogP contribution in [0.4, 0.5) is 17.1 Å². The van der Waals surface area contributed by atoms with Crippen LogP contribution in [-0.4, -0.2) is 0 Å². The highest BCUT2D eigenvalue weighted by Gasteiger charge is 2.17. The van der Waals surface area contributed by atoms with Crippen LogP contribution in [0.1, 0.15) is 18.9 Å². The molecular formula is C43H37NO. The number of furan rings is 1. The maximum atomic E-state index is 6.14. The van der Waals surface area contributed by atoms with Gasteiger partial charge < -0.3 is 9.32 Å². The SMILES string of the molecule is C#CC=C.C=C/C=C(\C=C/Cc1ccc(N(c2ccc3oc4ccccc4c3c2)c2cccc3ccccc23)cc1)C/C=C\C. The number of rotatable bonds is 9. The van der Waals surface area contributed by atoms with E-state index < -0.39 is 0 Å². The zero-order chi connectivity index (χ0) is 31.4. The summed E-state index contributed by atoms with van der Waals surface area (Å²) in [6.07, 6.45) is 20.4. The van der Waals surface area contributed by atoms with Crippen molar-refractivity contribution in [2.24, 2.45) is 0 Å². The molecule has 0 saturated heterocycles. The molecule has 6 rings (SSSR count). The van der Waals surface area contributed by atoms with Crippen LogP contribution in [-0.2, 0) is 6.42 Å². The maximum absolute atomic E-state index is 6.14. The van der Waals surface area contributed by atoms with Crippen molar-refractivity contribution in [1.82, 2.24) is 0 Å². The van der Waals surface area contributed by atoms with Gasteiger partial charge in [0.2, 0.25) is 0 Å². The molecule has 0 fully saturated rings. The molecule has 0 N–H and O–H groups in total. The quantitative estimate of drug-likeness (QED) is 0.0956. The van der Waals surface area contributed by atoms with Gasteiger partial charge in [0.05, 0.1) is 5.69 Å². The molecular weight excluding hydrogens is 546 g/mol. The van der Waals surface area contributed by atoms with Crippen LogP contribution in [0.2, 0.25) is 0 Å². The molecule has 0 radical (unpaired) electrons. The average Bonchev–Trinajstić information content (AvgIpc) is 3.46. The third-order valence-electron chi connectivity index (χ3n) is 7.55. The van der Waals surface area contributed by atoms with Gasteiger partial charge in [-0.15, -0.1) is 6.42 Å². The zero-order valence-electron chi connectivity index (χ0n) is 25.7. The van der Waals surface area contributed by atoms with Gasteiger partial charge in [0.25, 0.3) is 0 Å². The standard InChI is InChI=1S/C39H33NO.C4H4/c1-3-5-13-29(12-4-2)14-10-15-30-22-24-32(25-23-30)40(37-20-11-17-31-16-6-7-18-34(31)37)33-26-27-39-36(28-33)35-19-8-9-21-38(35)41-39;1-3-4-2/h3-12,14,16-28H,2,13,15H2,1H3;1,4H,2H2/b5-3-,14-10-,29-12-;. The van der Waals surface area contributed by atoms with Crippen molar-refractivity contribution in [3.63, 3.8) is 0 Å². The molecule has 220 valence electrons. The smallest absolute Gasteiger partial charge is 0.135 e. The van der Waals surface area contributed by atoms with Crippen LogP contribution in [0.25, 0.3) is 32.7 Å². The Kier molecular flexibility index (Phi) is 10.3. The van der Waals surface area contributed by atoms with E-state index >= 15 is 0 Å². The molecule has 1 aromatic heterocycles. The number of hydrogen-bond acceptors (Lipinski definition) is 2. The summed E-state index contributed by atoms with van der Waals surface area (Å²) < 4.78 is 6.14. The van der Waals surface area contributed by atoms with Crippen molar-refractivity contribution >= 4 is 49.8 Å². The Bertz CT molecular complexity index is 2060. The van der Waals surface area contributed by atoms with E-state index in [9.17, 15) is 0 Å². The van der Waals surface area contributed by atoms with Crippen LogP contribution >= 0.6 is 0 Å². The van der Waals surface area contributed by atoms with Gasteiger partial charge in [-0.3, -0.25) is 0 Å². The average molecular weight is 584 g/mol. The van der Waals surface area contributed by atoms with Crippen LogP contribution < -0.4 is 4.90 Å². The number of hydrogen-bond donors (Lipinski definition) is 0. The highest BCUT2D eigenvalue weighted by Crippen LogP contribution is 2.41. The van der Waals surface area contributed by atoms with Gasteiger partial charge in [0.15, 0.2) is 0 Å². The van der Waals surface area contributed by atoms with Gasteiger partial charge in [-0.25, -0.2) is 0 Å². The van der Waals surface area contributed by atoms with E-state index in [0.717, 1.165) is 51.8 Å². The van der Waals surface area contributed by atoms with Crippen molar-refractivity contribution in [3.05, 3.63) is 176 Å². The van der Waals surface area contributed by atoms with Crippen LogP contribution in [0.5, 0.6) is 0 Å². The molecule has 0 spiro atoms. The lowest BCUT2D eigenvalue weighted by atomic mass is 10.0. The van der Waals surface area contributed by atoms with Gasteiger partial charge in [-0.1, -0.05) is 122 Å². The molecule has 0 amide bonds. The zero-order valence-corrected chi connectivity index (χ0v) is 25.7. The molecule has 0 aliphatic carbocycles.